The topological polar surface area (TPSA) is 61.9 Å². The molecule has 2 atom stereocenters. The highest BCUT2D eigenvalue weighted by atomic mass is 32.2. The van der Waals surface area contributed by atoms with E-state index in [2.05, 4.69) is 40.8 Å². The van der Waals surface area contributed by atoms with E-state index in [1.807, 2.05) is 56.0 Å². The number of nitrogens with zero attached hydrogens (tertiary/aromatic N) is 2. The van der Waals surface area contributed by atoms with Crippen molar-refractivity contribution in [2.45, 2.75) is 69.7 Å². The Morgan fingerprint density at radius 2 is 1.57 bits per heavy atom. The van der Waals surface area contributed by atoms with Crippen LogP contribution in [0, 0.1) is 0 Å². The standard InChI is InChI=1S/C28H39N3O3S/c1-22(29-35(33)27(2,3)4)23-12-14-24(15-13-23)28(16-8-9-17-28)31-20-18-30(19-21-31)26(32)34-25-10-6-5-7-11-25/h5-7,10-15,22,29H,8-9,16-21H2,1-4H3/t22-,35-/m0/s1. The summed E-state index contributed by atoms with van der Waals surface area (Å²) in [4.78, 5) is 17.0. The molecule has 1 N–H and O–H groups in total. The van der Waals surface area contributed by atoms with Crippen LogP contribution >= 0.6 is 0 Å². The molecular weight excluding hydrogens is 458 g/mol. The first-order valence-corrected chi connectivity index (χ1v) is 13.9. The third-order valence-corrected chi connectivity index (χ3v) is 8.99. The van der Waals surface area contributed by atoms with Crippen molar-refractivity contribution < 1.29 is 13.7 Å². The predicted molar refractivity (Wildman–Crippen MR) is 142 cm³/mol. The third kappa shape index (κ3) is 5.96. The van der Waals surface area contributed by atoms with Gasteiger partial charge in [0.15, 0.2) is 0 Å². The van der Waals surface area contributed by atoms with Crippen LogP contribution in [0.1, 0.15) is 70.5 Å². The van der Waals surface area contributed by atoms with Gasteiger partial charge in [0.05, 0.1) is 15.7 Å². The van der Waals surface area contributed by atoms with Gasteiger partial charge < -0.3 is 9.64 Å². The van der Waals surface area contributed by atoms with E-state index < -0.39 is 11.0 Å². The summed E-state index contributed by atoms with van der Waals surface area (Å²) in [5.41, 5.74) is 2.52. The first-order chi connectivity index (χ1) is 16.7. The van der Waals surface area contributed by atoms with Crippen LogP contribution in [0.25, 0.3) is 0 Å². The molecule has 4 rings (SSSR count). The van der Waals surface area contributed by atoms with E-state index in [4.69, 9.17) is 4.74 Å². The molecule has 0 bridgehead atoms. The molecule has 2 aromatic rings. The lowest BCUT2D eigenvalue weighted by atomic mass is 9.85. The van der Waals surface area contributed by atoms with E-state index in [0.29, 0.717) is 18.8 Å². The number of carbonyl (C=O) groups excluding carboxylic acids is 1. The van der Waals surface area contributed by atoms with Crippen LogP contribution in [0.15, 0.2) is 54.6 Å². The molecule has 1 aliphatic heterocycles. The van der Waals surface area contributed by atoms with Crippen molar-refractivity contribution >= 4 is 17.1 Å². The minimum atomic E-state index is -1.11. The molecule has 1 amide bonds. The first-order valence-electron chi connectivity index (χ1n) is 12.7. The van der Waals surface area contributed by atoms with Gasteiger partial charge >= 0.3 is 6.09 Å². The van der Waals surface area contributed by atoms with Gasteiger partial charge in [0, 0.05) is 37.8 Å². The number of rotatable bonds is 6. The number of carbonyl (C=O) groups is 1. The average molecular weight is 498 g/mol. The summed E-state index contributed by atoms with van der Waals surface area (Å²) in [5.74, 6) is 0.585. The maximum Gasteiger partial charge on any atom is 0.415 e. The highest BCUT2D eigenvalue weighted by molar-refractivity contribution is 7.84. The van der Waals surface area contributed by atoms with Gasteiger partial charge in [-0.3, -0.25) is 4.90 Å². The molecule has 1 aliphatic carbocycles. The largest absolute Gasteiger partial charge is 0.415 e. The van der Waals surface area contributed by atoms with Gasteiger partial charge in [-0.25, -0.2) is 13.7 Å². The summed E-state index contributed by atoms with van der Waals surface area (Å²) in [6.07, 6.45) is 4.46. The van der Waals surface area contributed by atoms with Gasteiger partial charge in [-0.1, -0.05) is 55.3 Å². The fourth-order valence-electron chi connectivity index (χ4n) is 5.21. The summed E-state index contributed by atoms with van der Waals surface area (Å²) < 4.78 is 21.0. The Labute approximate surface area is 212 Å². The predicted octanol–water partition coefficient (Wildman–Crippen LogP) is 5.39. The number of para-hydroxylation sites is 1. The fourth-order valence-corrected chi connectivity index (χ4v) is 6.02. The zero-order valence-corrected chi connectivity index (χ0v) is 22.3. The minimum Gasteiger partial charge on any atom is -0.410 e. The van der Waals surface area contributed by atoms with Gasteiger partial charge in [-0.15, -0.1) is 0 Å². The van der Waals surface area contributed by atoms with Gasteiger partial charge in [-0.05, 0) is 63.8 Å². The Kier molecular flexibility index (Phi) is 7.99. The number of benzene rings is 2. The second kappa shape index (κ2) is 10.8. The summed E-state index contributed by atoms with van der Waals surface area (Å²) in [7, 11) is -1.11. The van der Waals surface area contributed by atoms with Crippen LogP contribution < -0.4 is 9.46 Å². The Morgan fingerprint density at radius 3 is 2.14 bits per heavy atom. The Morgan fingerprint density at radius 1 is 0.971 bits per heavy atom. The summed E-state index contributed by atoms with van der Waals surface area (Å²) in [5, 5.41) is 0. The highest BCUT2D eigenvalue weighted by Gasteiger charge is 2.42. The van der Waals surface area contributed by atoms with Crippen LogP contribution in [0.3, 0.4) is 0 Å². The van der Waals surface area contributed by atoms with Gasteiger partial charge in [-0.2, -0.15) is 0 Å². The Bertz CT molecular complexity index is 1010. The molecule has 2 fully saturated rings. The molecule has 0 aromatic heterocycles. The van der Waals surface area contributed by atoms with E-state index >= 15 is 0 Å². The molecule has 7 heteroatoms. The lowest BCUT2D eigenvalue weighted by molar-refractivity contribution is 0.0354. The number of nitrogens with one attached hydrogen (secondary N) is 1. The van der Waals surface area contributed by atoms with Crippen molar-refractivity contribution in [2.75, 3.05) is 26.2 Å². The highest BCUT2D eigenvalue weighted by Crippen LogP contribution is 2.44. The van der Waals surface area contributed by atoms with Crippen molar-refractivity contribution in [2.24, 2.45) is 0 Å². The molecule has 35 heavy (non-hydrogen) atoms. The van der Waals surface area contributed by atoms with E-state index in [0.717, 1.165) is 31.5 Å². The fraction of sp³-hybridized carbons (Fsp3) is 0.536. The van der Waals surface area contributed by atoms with Gasteiger partial charge in [0.2, 0.25) is 0 Å². The lowest BCUT2D eigenvalue weighted by Crippen LogP contribution is -2.56. The molecule has 6 nitrogen and oxygen atoms in total. The zero-order chi connectivity index (χ0) is 25.1. The van der Waals surface area contributed by atoms with E-state index in [1.165, 1.54) is 18.4 Å². The monoisotopic (exact) mass is 497 g/mol. The average Bonchev–Trinajstić information content (AvgIpc) is 3.35. The SMILES string of the molecule is C[C@H](N[S@@](=O)C(C)(C)C)c1ccc(C2(N3CCN(C(=O)Oc4ccccc4)CC3)CCCC2)cc1. The second-order valence-corrected chi connectivity index (χ2v) is 12.7. The summed E-state index contributed by atoms with van der Waals surface area (Å²) >= 11 is 0. The van der Waals surface area contributed by atoms with Crippen molar-refractivity contribution in [3.63, 3.8) is 0 Å². The third-order valence-electron chi connectivity index (χ3n) is 7.31. The van der Waals surface area contributed by atoms with Crippen LogP contribution in [0.4, 0.5) is 4.79 Å². The Balaban J connectivity index is 1.41. The number of ether oxygens (including phenoxy) is 1. The molecule has 0 spiro atoms. The molecule has 2 aliphatic rings. The molecule has 1 heterocycles. The van der Waals surface area contributed by atoms with Crippen molar-refractivity contribution in [1.29, 1.82) is 0 Å². The molecule has 1 saturated heterocycles. The molecule has 2 aromatic carbocycles. The van der Waals surface area contributed by atoms with Crippen LogP contribution in [0.2, 0.25) is 0 Å². The zero-order valence-electron chi connectivity index (χ0n) is 21.5. The normalized spacial score (nSPS) is 20.4. The van der Waals surface area contributed by atoms with Crippen molar-refractivity contribution in [3.8, 4) is 5.75 Å². The quantitative estimate of drug-likeness (QED) is 0.582. The summed E-state index contributed by atoms with van der Waals surface area (Å²) in [6, 6.07) is 18.2. The van der Waals surface area contributed by atoms with Crippen LogP contribution in [-0.2, 0) is 16.5 Å². The van der Waals surface area contributed by atoms with Gasteiger partial charge in [0.1, 0.15) is 5.75 Å². The minimum absolute atomic E-state index is 0.0165. The lowest BCUT2D eigenvalue weighted by Gasteiger charge is -2.46. The molecule has 0 radical (unpaired) electrons. The van der Waals surface area contributed by atoms with E-state index in [-0.39, 0.29) is 22.4 Å². The van der Waals surface area contributed by atoms with Crippen molar-refractivity contribution in [1.82, 2.24) is 14.5 Å². The molecule has 0 unspecified atom stereocenters. The second-order valence-electron chi connectivity index (χ2n) is 10.7. The molecule has 1 saturated carbocycles. The summed E-state index contributed by atoms with van der Waals surface area (Å²) in [6.45, 7) is 11.0. The van der Waals surface area contributed by atoms with E-state index in [9.17, 15) is 9.00 Å². The molecule has 190 valence electrons. The van der Waals surface area contributed by atoms with Crippen LogP contribution in [0.5, 0.6) is 5.75 Å². The van der Waals surface area contributed by atoms with Crippen molar-refractivity contribution in [3.05, 3.63) is 65.7 Å². The maximum atomic E-state index is 12.6. The number of amides is 1. The number of piperazine rings is 1. The first kappa shape index (κ1) is 25.9. The van der Waals surface area contributed by atoms with Crippen LogP contribution in [-0.4, -0.2) is 51.0 Å². The molecular formula is C28H39N3O3S. The number of hydrogen-bond donors (Lipinski definition) is 1. The Hall–Kier alpha value is -2.22. The van der Waals surface area contributed by atoms with E-state index in [1.54, 1.807) is 0 Å². The number of hydrogen-bond acceptors (Lipinski definition) is 4. The smallest absolute Gasteiger partial charge is 0.410 e. The van der Waals surface area contributed by atoms with Gasteiger partial charge in [0.25, 0.3) is 0 Å². The maximum absolute atomic E-state index is 12.6.